The molecule has 0 aliphatic heterocycles. The van der Waals surface area contributed by atoms with Crippen LogP contribution in [0.15, 0.2) is 11.3 Å². The van der Waals surface area contributed by atoms with Crippen LogP contribution in [0.2, 0.25) is 0 Å². The maximum Gasteiger partial charge on any atom is 0.342 e. The van der Waals surface area contributed by atoms with Gasteiger partial charge in [-0.2, -0.15) is 10.3 Å². The summed E-state index contributed by atoms with van der Waals surface area (Å²) < 4.78 is 1.00. The van der Waals surface area contributed by atoms with Gasteiger partial charge in [-0.15, -0.1) is 0 Å². The van der Waals surface area contributed by atoms with Gasteiger partial charge in [-0.1, -0.05) is 0 Å². The number of nitrogens with zero attached hydrogens (tertiary/aromatic N) is 4. The van der Waals surface area contributed by atoms with Crippen molar-refractivity contribution in [3.63, 3.8) is 0 Å². The first-order valence-electron chi connectivity index (χ1n) is 8.91. The minimum absolute atomic E-state index is 0.0631. The number of hydrogen-bond acceptors (Lipinski definition) is 10. The monoisotopic (exact) mass is 500 g/mol. The van der Waals surface area contributed by atoms with E-state index in [1.54, 1.807) is 0 Å². The fourth-order valence-corrected chi connectivity index (χ4v) is 1.18. The van der Waals surface area contributed by atoms with Crippen LogP contribution in [0.3, 0.4) is 0 Å². The van der Waals surface area contributed by atoms with Gasteiger partial charge in [-0.25, -0.2) is 23.9 Å². The number of carbonyl (C=O) groups excluding carboxylic acids is 5. The van der Waals surface area contributed by atoms with Crippen molar-refractivity contribution in [3.05, 3.63) is 12.0 Å². The number of urea groups is 2. The molecule has 1 heterocycles. The Balaban J connectivity index is -0.000000422. The summed E-state index contributed by atoms with van der Waals surface area (Å²) >= 11 is 0. The second-order valence-corrected chi connectivity index (χ2v) is 5.33. The molecule has 7 amide bonds. The van der Waals surface area contributed by atoms with E-state index in [9.17, 15) is 24.0 Å². The Labute approximate surface area is 198 Å². The second kappa shape index (κ2) is 19.4. The van der Waals surface area contributed by atoms with E-state index >= 15 is 0 Å². The molecular formula is C16H28N12O7. The molecule has 19 heteroatoms. The van der Waals surface area contributed by atoms with Gasteiger partial charge < -0.3 is 44.0 Å². The number of carboxylic acids is 1. The van der Waals surface area contributed by atoms with Crippen molar-refractivity contribution in [1.82, 2.24) is 30.8 Å². The van der Waals surface area contributed by atoms with E-state index in [1.165, 1.54) is 27.2 Å². The molecule has 1 atom stereocenters. The molecule has 0 bridgehead atoms. The number of amides is 7. The molecule has 1 unspecified atom stereocenters. The number of aliphatic imine (C=N–C) groups is 1. The Morgan fingerprint density at radius 1 is 1.14 bits per heavy atom. The molecule has 0 saturated carbocycles. The molecule has 194 valence electrons. The molecule has 19 nitrogen and oxygen atoms in total. The average Bonchev–Trinajstić information content (AvgIpc) is 3.19. The Bertz CT molecular complexity index is 947. The number of hydrogen-bond donors (Lipinski definition) is 9. The molecule has 1 aromatic rings. The summed E-state index contributed by atoms with van der Waals surface area (Å²) in [7, 11) is 4.34. The molecule has 0 aliphatic rings. The number of primary amides is 2. The van der Waals surface area contributed by atoms with E-state index in [4.69, 9.17) is 32.4 Å². The zero-order chi connectivity index (χ0) is 28.1. The molecule has 1 aromatic heterocycles. The van der Waals surface area contributed by atoms with E-state index in [0.717, 1.165) is 24.2 Å². The maximum atomic E-state index is 11.0. The third kappa shape index (κ3) is 18.1. The van der Waals surface area contributed by atoms with Gasteiger partial charge >= 0.3 is 18.1 Å². The largest absolute Gasteiger partial charge is 0.481 e. The van der Waals surface area contributed by atoms with Gasteiger partial charge in [0.15, 0.2) is 11.7 Å². The minimum Gasteiger partial charge on any atom is -0.481 e. The van der Waals surface area contributed by atoms with Gasteiger partial charge in [0.1, 0.15) is 18.5 Å². The number of aliphatic carboxylic acids is 1. The van der Waals surface area contributed by atoms with Gasteiger partial charge in [-0.3, -0.25) is 19.7 Å². The number of imidazole rings is 1. The summed E-state index contributed by atoms with van der Waals surface area (Å²) in [6.07, 6.45) is 2.14. The van der Waals surface area contributed by atoms with E-state index in [-0.39, 0.29) is 11.5 Å². The van der Waals surface area contributed by atoms with Gasteiger partial charge in [0, 0.05) is 28.1 Å². The highest BCUT2D eigenvalue weighted by molar-refractivity contribution is 5.97. The topological polar surface area (TPSA) is 329 Å². The lowest BCUT2D eigenvalue weighted by Crippen LogP contribution is -2.34. The third-order valence-electron chi connectivity index (χ3n) is 2.73. The molecule has 1 rings (SSSR count). The van der Waals surface area contributed by atoms with Crippen LogP contribution in [-0.2, 0) is 9.59 Å². The summed E-state index contributed by atoms with van der Waals surface area (Å²) in [5.74, 6) is -2.45. The van der Waals surface area contributed by atoms with Crippen LogP contribution in [0.4, 0.5) is 20.2 Å². The molecule has 35 heavy (non-hydrogen) atoms. The Morgan fingerprint density at radius 2 is 1.66 bits per heavy atom. The fraction of sp³-hybridized carbons (Fsp3) is 0.312. The number of aromatic nitrogens is 2. The second-order valence-electron chi connectivity index (χ2n) is 5.33. The van der Waals surface area contributed by atoms with Crippen LogP contribution in [0.25, 0.3) is 0 Å². The Hall–Kier alpha value is -5.25. The number of anilines is 1. The lowest BCUT2D eigenvalue weighted by molar-refractivity contribution is -0.134. The van der Waals surface area contributed by atoms with Gasteiger partial charge in [-0.05, 0) is 0 Å². The summed E-state index contributed by atoms with van der Waals surface area (Å²) in [4.78, 5) is 68.2. The van der Waals surface area contributed by atoms with Crippen LogP contribution >= 0.6 is 0 Å². The molecule has 0 saturated heterocycles. The van der Waals surface area contributed by atoms with Crippen molar-refractivity contribution in [2.45, 2.75) is 13.0 Å². The van der Waals surface area contributed by atoms with Gasteiger partial charge in [0.05, 0.1) is 6.07 Å². The zero-order valence-electron chi connectivity index (χ0n) is 19.2. The highest BCUT2D eigenvalue weighted by atomic mass is 16.4. The fourth-order valence-electron chi connectivity index (χ4n) is 1.18. The number of nitrogen functional groups attached to an aromatic ring is 1. The molecule has 13 N–H and O–H groups in total. The first kappa shape index (κ1) is 34.4. The Morgan fingerprint density at radius 3 is 1.94 bits per heavy atom. The molecule has 0 aliphatic carbocycles. The Kier molecular flexibility index (Phi) is 19.1. The highest BCUT2D eigenvalue weighted by Gasteiger charge is 2.15. The van der Waals surface area contributed by atoms with Crippen molar-refractivity contribution in [3.8, 4) is 6.07 Å². The number of nitrogens with two attached hydrogens (primary N) is 4. The highest BCUT2D eigenvalue weighted by Crippen LogP contribution is 2.07. The third-order valence-corrected chi connectivity index (χ3v) is 2.73. The van der Waals surface area contributed by atoms with Crippen LogP contribution in [-0.4, -0.2) is 84.1 Å². The van der Waals surface area contributed by atoms with E-state index < -0.39 is 41.9 Å². The number of carbonyl (C=O) groups is 6. The molecular weight excluding hydrogens is 472 g/mol. The number of nitrogens with one attached hydrogen (secondary N) is 4. The number of carboxylic acid groups (broad SMARTS) is 1. The van der Waals surface area contributed by atoms with Crippen molar-refractivity contribution < 1.29 is 33.9 Å². The predicted octanol–water partition coefficient (Wildman–Crippen LogP) is -3.55. The van der Waals surface area contributed by atoms with Crippen LogP contribution in [0.1, 0.15) is 17.4 Å². The summed E-state index contributed by atoms with van der Waals surface area (Å²) in [5, 5.41) is 24.3. The van der Waals surface area contributed by atoms with Crippen LogP contribution in [0.5, 0.6) is 0 Å². The van der Waals surface area contributed by atoms with Crippen molar-refractivity contribution >= 4 is 48.0 Å². The smallest absolute Gasteiger partial charge is 0.342 e. The average molecular weight is 500 g/mol. The summed E-state index contributed by atoms with van der Waals surface area (Å²) in [5.41, 5.74) is 19.6. The first-order valence-corrected chi connectivity index (χ1v) is 8.91. The minimum atomic E-state index is -1.15. The van der Waals surface area contributed by atoms with Crippen LogP contribution in [0, 0.1) is 11.3 Å². The van der Waals surface area contributed by atoms with Gasteiger partial charge in [0.25, 0.3) is 11.9 Å². The van der Waals surface area contributed by atoms with Gasteiger partial charge in [0.2, 0.25) is 5.91 Å². The first-order chi connectivity index (χ1) is 16.2. The standard InChI is InChI=1S/C6H9N5O2.C5H10N4O2.C3H5N3O.C2H4O2/c1-9-6(13)11-2-10-3(4(11)7)5(8)12;1-6-4(10)8-3-9-5(11)7-2;4-1-2(5)3(6)7;1-2(3)4/h2H,7H2,1H3,(H2,8,12)(H,9,13);3H,1-2H3,(H3,6,7,8,9,10,11);2H,5H2,(H2,6,7);1H3,(H,3,4). The number of nitriles is 1. The number of rotatable bonds is 3. The zero-order valence-corrected chi connectivity index (χ0v) is 19.2. The quantitative estimate of drug-likeness (QED) is 0.144. The van der Waals surface area contributed by atoms with E-state index in [2.05, 4.69) is 37.0 Å². The maximum absolute atomic E-state index is 11.0. The summed E-state index contributed by atoms with van der Waals surface area (Å²) in [6.45, 7) is 1.08. The van der Waals surface area contributed by atoms with Crippen molar-refractivity contribution in [2.75, 3.05) is 26.9 Å². The lowest BCUT2D eigenvalue weighted by Gasteiger charge is -2.01. The van der Waals surface area contributed by atoms with E-state index in [1.807, 2.05) is 0 Å². The van der Waals surface area contributed by atoms with Crippen molar-refractivity contribution in [1.29, 1.82) is 5.26 Å². The lowest BCUT2D eigenvalue weighted by atomic mass is 10.3. The van der Waals surface area contributed by atoms with Crippen LogP contribution < -0.4 is 44.2 Å². The molecule has 0 aromatic carbocycles. The normalized spacial score (nSPS) is 9.60. The summed E-state index contributed by atoms with van der Waals surface area (Å²) in [6, 6.07) is -1.09. The SMILES string of the molecule is CC(=O)O.CNC(=O)N=CNC(=O)NC.CNC(=O)n1cnc(C(N)=O)c1N.N#CC(N)C(N)=O. The molecule has 0 fully saturated rings. The molecule has 0 spiro atoms. The predicted molar refractivity (Wildman–Crippen MR) is 122 cm³/mol. The van der Waals surface area contributed by atoms with E-state index in [0.29, 0.717) is 0 Å². The molecule has 0 radical (unpaired) electrons. The van der Waals surface area contributed by atoms with Crippen molar-refractivity contribution in [2.24, 2.45) is 22.2 Å².